The van der Waals surface area contributed by atoms with Gasteiger partial charge in [0.25, 0.3) is 5.91 Å². The van der Waals surface area contributed by atoms with Crippen molar-refractivity contribution >= 4 is 23.4 Å². The second-order valence-electron chi connectivity index (χ2n) is 3.76. The molecule has 6 nitrogen and oxygen atoms in total. The maximum absolute atomic E-state index is 12.9. The number of anilines is 1. The predicted molar refractivity (Wildman–Crippen MR) is 66.9 cm³/mol. The van der Waals surface area contributed by atoms with Gasteiger partial charge in [0, 0.05) is 35.2 Å². The van der Waals surface area contributed by atoms with E-state index in [0.29, 0.717) is 0 Å². The molecule has 3 N–H and O–H groups in total. The van der Waals surface area contributed by atoms with Crippen LogP contribution < -0.4 is 11.1 Å². The first-order valence-electron chi connectivity index (χ1n) is 9.72. The lowest BCUT2D eigenvalue weighted by molar-refractivity contribution is -0.136. The second kappa shape index (κ2) is 4.08. The van der Waals surface area contributed by atoms with Crippen molar-refractivity contribution in [1.82, 2.24) is 10.2 Å². The molecular weight excluding hydrogens is 246 g/mol. The van der Waals surface area contributed by atoms with E-state index in [1.165, 1.54) is 5.32 Å². The Kier molecular flexibility index (Phi) is 1.14. The first-order valence-corrected chi connectivity index (χ1v) is 5.15. The van der Waals surface area contributed by atoms with Gasteiger partial charge in [-0.2, -0.15) is 0 Å². The molecule has 0 saturated carbocycles. The van der Waals surface area contributed by atoms with Gasteiger partial charge in [-0.3, -0.25) is 19.7 Å². The van der Waals surface area contributed by atoms with Crippen molar-refractivity contribution in [3.05, 3.63) is 29.3 Å². The maximum Gasteiger partial charge on any atom is 0.255 e. The number of hydrogen-bond acceptors (Lipinski definition) is 4. The van der Waals surface area contributed by atoms with Gasteiger partial charge in [-0.1, -0.05) is 6.04 Å². The molecule has 2 aliphatic heterocycles. The molecular formula is C13H13N3O3. The number of carbonyl (C=O) groups is 3. The summed E-state index contributed by atoms with van der Waals surface area (Å²) < 4.78 is 71.2. The lowest BCUT2D eigenvalue weighted by atomic mass is 10.0. The van der Waals surface area contributed by atoms with Gasteiger partial charge in [0.15, 0.2) is 0 Å². The van der Waals surface area contributed by atoms with E-state index in [9.17, 15) is 14.4 Å². The highest BCUT2D eigenvalue weighted by molar-refractivity contribution is 6.06. The molecule has 19 heavy (non-hydrogen) atoms. The number of carbonyl (C=O) groups excluding carboxylic acids is 3. The third-order valence-corrected chi connectivity index (χ3v) is 2.61. The first kappa shape index (κ1) is 5.32. The fraction of sp³-hybridized carbons (Fsp3) is 0.308. The average molecular weight is 268 g/mol. The highest BCUT2D eigenvalue weighted by Crippen LogP contribution is 2.30. The molecule has 0 aromatic heterocycles. The van der Waals surface area contributed by atoms with Crippen LogP contribution >= 0.6 is 0 Å². The van der Waals surface area contributed by atoms with Crippen LogP contribution in [0.25, 0.3) is 0 Å². The molecule has 98 valence electrons. The van der Waals surface area contributed by atoms with E-state index in [2.05, 4.69) is 0 Å². The number of amides is 3. The minimum atomic E-state index is -3.58. The number of piperidine rings is 1. The fourth-order valence-corrected chi connectivity index (χ4v) is 1.74. The summed E-state index contributed by atoms with van der Waals surface area (Å²) in [5.74, 6) is -4.68. The highest BCUT2D eigenvalue weighted by Gasteiger charge is 2.39. The Balaban J connectivity index is 2.29. The van der Waals surface area contributed by atoms with Crippen LogP contribution in [-0.2, 0) is 16.1 Å². The van der Waals surface area contributed by atoms with Crippen LogP contribution in [-0.4, -0.2) is 28.6 Å². The zero-order chi connectivity index (χ0) is 21.6. The Labute approximate surface area is 122 Å². The van der Waals surface area contributed by atoms with E-state index in [4.69, 9.17) is 18.1 Å². The van der Waals surface area contributed by atoms with Crippen LogP contribution in [0.2, 0.25) is 0 Å². The molecule has 3 rings (SSSR count). The van der Waals surface area contributed by atoms with Crippen LogP contribution in [0, 0.1) is 0 Å². The van der Waals surface area contributed by atoms with Crippen molar-refractivity contribution < 1.29 is 26.7 Å². The van der Waals surface area contributed by atoms with E-state index in [1.807, 2.05) is 0 Å². The lowest BCUT2D eigenvalue weighted by Crippen LogP contribution is -2.52. The number of hydrogen-bond donors (Lipinski definition) is 2. The average Bonchev–Trinajstić information content (AvgIpc) is 2.86. The van der Waals surface area contributed by atoms with Gasteiger partial charge >= 0.3 is 0 Å². The molecule has 2 atom stereocenters. The van der Waals surface area contributed by atoms with E-state index < -0.39 is 77.9 Å². The molecule has 1 fully saturated rings. The van der Waals surface area contributed by atoms with E-state index in [1.54, 1.807) is 0 Å². The standard InChI is InChI=1S/C13H13N3O3/c14-9-3-1-2-7-8(9)6-16(13(7)19)10-4-5-11(17)15-12(10)18/h1-3,10H,4-6,14H2,(H,15,17,18)/i1D,2D,3D,4D2,5D2,6D,10D. The van der Waals surface area contributed by atoms with Gasteiger partial charge in [0.05, 0.1) is 6.85 Å². The van der Waals surface area contributed by atoms with Crippen molar-refractivity contribution in [3.63, 3.8) is 0 Å². The number of fused-ring (bicyclic) bond motifs is 1. The Morgan fingerprint density at radius 3 is 3.05 bits per heavy atom. The quantitative estimate of drug-likeness (QED) is 0.555. The molecule has 1 aromatic carbocycles. The zero-order valence-electron chi connectivity index (χ0n) is 18.3. The summed E-state index contributed by atoms with van der Waals surface area (Å²) in [6, 6.07) is -5.59. The van der Waals surface area contributed by atoms with Gasteiger partial charge in [-0.05, 0) is 18.5 Å². The molecule has 6 heteroatoms. The summed E-state index contributed by atoms with van der Waals surface area (Å²) in [6.07, 6.45) is -6.99. The van der Waals surface area contributed by atoms with Crippen LogP contribution in [0.3, 0.4) is 0 Å². The predicted octanol–water partition coefficient (Wildman–Crippen LogP) is 0.0298. The maximum atomic E-state index is 12.9. The van der Waals surface area contributed by atoms with Crippen LogP contribution in [0.4, 0.5) is 5.69 Å². The summed E-state index contributed by atoms with van der Waals surface area (Å²) in [5.41, 5.74) is 4.07. The largest absolute Gasteiger partial charge is 0.398 e. The van der Waals surface area contributed by atoms with Crippen LogP contribution in [0.15, 0.2) is 18.1 Å². The number of nitrogens with zero attached hydrogens (tertiary/aromatic N) is 1. The van der Waals surface area contributed by atoms with Gasteiger partial charge in [0.1, 0.15) is 6.02 Å². The molecule has 2 heterocycles. The topological polar surface area (TPSA) is 92.5 Å². The number of nitrogens with one attached hydrogen (secondary N) is 1. The molecule has 3 amide bonds. The third kappa shape index (κ3) is 1.76. The minimum Gasteiger partial charge on any atom is -0.398 e. The molecule has 1 saturated heterocycles. The highest BCUT2D eigenvalue weighted by atomic mass is 16.2. The van der Waals surface area contributed by atoms with E-state index >= 15 is 0 Å². The number of benzene rings is 1. The summed E-state index contributed by atoms with van der Waals surface area (Å²) >= 11 is 0. The summed E-state index contributed by atoms with van der Waals surface area (Å²) in [5, 5.41) is 1.50. The Morgan fingerprint density at radius 2 is 2.26 bits per heavy atom. The Morgan fingerprint density at radius 1 is 1.47 bits per heavy atom. The Bertz CT molecular complexity index is 967. The SMILES string of the molecule is [2H]c1c([2H])c(N)c2c(c1[2H])C(=O)N(C1([2H])C(=O)NC(=O)C([2H])([2H])C1([2H])[2H])C2[2H]. The lowest BCUT2D eigenvalue weighted by Gasteiger charge is -2.29. The number of nitrogen functional groups attached to an aromatic ring is 1. The number of nitrogens with two attached hydrogens (primary N) is 1. The van der Waals surface area contributed by atoms with Crippen molar-refractivity contribution in [2.75, 3.05) is 5.73 Å². The van der Waals surface area contributed by atoms with E-state index in [0.717, 1.165) is 0 Å². The second-order valence-corrected chi connectivity index (χ2v) is 3.76. The summed E-state index contributed by atoms with van der Waals surface area (Å²) in [6.45, 7) is -2.04. The normalized spacial score (nSPS) is 42.3. The fourth-order valence-electron chi connectivity index (χ4n) is 1.74. The summed E-state index contributed by atoms with van der Waals surface area (Å²) in [4.78, 5) is 37.1. The molecule has 2 aliphatic rings. The smallest absolute Gasteiger partial charge is 0.255 e. The monoisotopic (exact) mass is 268 g/mol. The van der Waals surface area contributed by atoms with E-state index in [-0.39, 0.29) is 4.90 Å². The minimum absolute atomic E-state index is 0.0740. The van der Waals surface area contributed by atoms with Gasteiger partial charge < -0.3 is 10.6 Å². The van der Waals surface area contributed by atoms with Crippen LogP contribution in [0.1, 0.15) is 41.0 Å². The first-order chi connectivity index (χ1) is 12.6. The van der Waals surface area contributed by atoms with Crippen LogP contribution in [0.5, 0.6) is 0 Å². The van der Waals surface area contributed by atoms with Gasteiger partial charge in [0.2, 0.25) is 11.8 Å². The van der Waals surface area contributed by atoms with Gasteiger partial charge in [-0.15, -0.1) is 0 Å². The van der Waals surface area contributed by atoms with Gasteiger partial charge in [-0.25, -0.2) is 0 Å². The van der Waals surface area contributed by atoms with Crippen molar-refractivity contribution in [2.45, 2.75) is 25.3 Å². The van der Waals surface area contributed by atoms with Crippen molar-refractivity contribution in [2.24, 2.45) is 0 Å². The Hall–Kier alpha value is -2.37. The molecule has 0 spiro atoms. The zero-order valence-corrected chi connectivity index (χ0v) is 9.33. The summed E-state index contributed by atoms with van der Waals surface area (Å²) in [7, 11) is 0. The number of imide groups is 1. The van der Waals surface area contributed by atoms with Crippen molar-refractivity contribution in [1.29, 1.82) is 0 Å². The molecule has 0 radical (unpaired) electrons. The van der Waals surface area contributed by atoms with Crippen molar-refractivity contribution in [3.8, 4) is 0 Å². The number of rotatable bonds is 1. The molecule has 1 aromatic rings. The third-order valence-electron chi connectivity index (χ3n) is 2.61. The molecule has 2 unspecified atom stereocenters. The molecule has 0 bridgehead atoms. The molecule has 0 aliphatic carbocycles.